The molecule has 1 aromatic heterocycles. The molecule has 168 valence electrons. The smallest absolute Gasteiger partial charge is 0.433 e. The van der Waals surface area contributed by atoms with E-state index in [1.54, 1.807) is 0 Å². The largest absolute Gasteiger partial charge is 0.475 e. The lowest BCUT2D eigenvalue weighted by Gasteiger charge is -2.13. The van der Waals surface area contributed by atoms with Crippen molar-refractivity contribution in [1.82, 2.24) is 9.55 Å². The average Bonchev–Trinajstić information content (AvgIpc) is 2.67. The molecule has 2 aromatic rings. The van der Waals surface area contributed by atoms with Gasteiger partial charge >= 0.3 is 17.8 Å². The van der Waals surface area contributed by atoms with Crippen LogP contribution in [-0.4, -0.2) is 33.7 Å². The molecule has 1 aromatic carbocycles. The quantitative estimate of drug-likeness (QED) is 0.201. The monoisotopic (exact) mass is 447 g/mol. The first-order valence-corrected chi connectivity index (χ1v) is 8.89. The van der Waals surface area contributed by atoms with E-state index in [9.17, 15) is 37.3 Å². The van der Waals surface area contributed by atoms with Crippen molar-refractivity contribution < 1.29 is 36.8 Å². The van der Waals surface area contributed by atoms with Gasteiger partial charge in [-0.1, -0.05) is 13.3 Å². The van der Waals surface area contributed by atoms with Crippen molar-refractivity contribution in [1.29, 1.82) is 0 Å². The van der Waals surface area contributed by atoms with E-state index in [0.717, 1.165) is 13.3 Å². The van der Waals surface area contributed by atoms with E-state index in [4.69, 9.17) is 9.47 Å². The maximum Gasteiger partial charge on any atom is 0.433 e. The molecule has 0 saturated carbocycles. The molecule has 31 heavy (non-hydrogen) atoms. The first-order valence-electron chi connectivity index (χ1n) is 8.89. The van der Waals surface area contributed by atoms with Gasteiger partial charge in [-0.15, -0.1) is 0 Å². The Morgan fingerprint density at radius 3 is 2.58 bits per heavy atom. The second-order valence-corrected chi connectivity index (χ2v) is 6.28. The fraction of sp³-hybridized carbons (Fsp3) is 0.389. The van der Waals surface area contributed by atoms with Gasteiger partial charge in [-0.2, -0.15) is 13.2 Å². The predicted octanol–water partition coefficient (Wildman–Crippen LogP) is 3.33. The van der Waals surface area contributed by atoms with Gasteiger partial charge in [0.25, 0.3) is 5.56 Å². The van der Waals surface area contributed by atoms with Crippen LogP contribution in [0.25, 0.3) is 5.69 Å². The zero-order valence-electron chi connectivity index (χ0n) is 16.4. The Kier molecular flexibility index (Phi) is 7.31. The van der Waals surface area contributed by atoms with E-state index < -0.39 is 63.4 Å². The number of ether oxygens (including phenoxy) is 2. The van der Waals surface area contributed by atoms with Crippen molar-refractivity contribution in [3.8, 4) is 11.4 Å². The molecule has 0 saturated heterocycles. The Bertz CT molecular complexity index is 1050. The number of rotatable bonds is 8. The Balaban J connectivity index is 2.41. The molecule has 0 amide bonds. The second kappa shape index (κ2) is 9.53. The molecule has 1 heterocycles. The molecule has 0 unspecified atom stereocenters. The number of nitrogens with zero attached hydrogens (tertiary/aromatic N) is 3. The van der Waals surface area contributed by atoms with Gasteiger partial charge in [-0.25, -0.2) is 14.2 Å². The standard InChI is InChI=1S/C18H17F4N3O6/c1-3-4-5-30-15(26)8-31-14-6-11(19)12(7-13(14)25(28)29)24-9-23-16(18(20,21)22)10(2)17(24)27/h6-7,9H,3-5,8H2,1-2H3. The molecule has 0 radical (unpaired) electrons. The van der Waals surface area contributed by atoms with E-state index in [1.165, 1.54) is 0 Å². The highest BCUT2D eigenvalue weighted by molar-refractivity contribution is 5.71. The topological polar surface area (TPSA) is 114 Å². The summed E-state index contributed by atoms with van der Waals surface area (Å²) in [6.07, 6.45) is -3.11. The molecule has 0 aliphatic rings. The minimum atomic E-state index is -4.91. The van der Waals surface area contributed by atoms with E-state index in [1.807, 2.05) is 6.92 Å². The summed E-state index contributed by atoms with van der Waals surface area (Å²) in [5.74, 6) is -2.67. The number of aromatic nitrogens is 2. The number of nitro groups is 1. The number of unbranched alkanes of at least 4 members (excludes halogenated alkanes) is 1. The van der Waals surface area contributed by atoms with Gasteiger partial charge in [0.2, 0.25) is 5.75 Å². The summed E-state index contributed by atoms with van der Waals surface area (Å²) in [7, 11) is 0. The normalized spacial score (nSPS) is 11.3. The number of esters is 1. The number of nitro benzene ring substituents is 1. The first-order chi connectivity index (χ1) is 14.5. The minimum absolute atomic E-state index is 0.122. The predicted molar refractivity (Wildman–Crippen MR) is 97.5 cm³/mol. The summed E-state index contributed by atoms with van der Waals surface area (Å²) in [5.41, 5.74) is -5.05. The highest BCUT2D eigenvalue weighted by atomic mass is 19.4. The highest BCUT2D eigenvalue weighted by Gasteiger charge is 2.36. The van der Waals surface area contributed by atoms with Crippen LogP contribution in [0.4, 0.5) is 23.2 Å². The average molecular weight is 447 g/mol. The molecule has 0 aliphatic heterocycles. The summed E-state index contributed by atoms with van der Waals surface area (Å²) in [6, 6.07) is 1.15. The molecular weight excluding hydrogens is 430 g/mol. The van der Waals surface area contributed by atoms with Gasteiger partial charge < -0.3 is 9.47 Å². The van der Waals surface area contributed by atoms with Crippen LogP contribution < -0.4 is 10.3 Å². The maximum absolute atomic E-state index is 14.6. The summed E-state index contributed by atoms with van der Waals surface area (Å²) >= 11 is 0. The molecule has 2 rings (SSSR count). The van der Waals surface area contributed by atoms with Gasteiger partial charge in [0, 0.05) is 17.7 Å². The van der Waals surface area contributed by atoms with Gasteiger partial charge in [-0.3, -0.25) is 19.5 Å². The van der Waals surface area contributed by atoms with E-state index in [2.05, 4.69) is 4.98 Å². The van der Waals surface area contributed by atoms with Crippen LogP contribution in [0.5, 0.6) is 5.75 Å². The van der Waals surface area contributed by atoms with E-state index >= 15 is 0 Å². The lowest BCUT2D eigenvalue weighted by molar-refractivity contribution is -0.385. The maximum atomic E-state index is 14.6. The summed E-state index contributed by atoms with van der Waals surface area (Å²) in [6.45, 7) is 2.11. The van der Waals surface area contributed by atoms with Gasteiger partial charge in [0.05, 0.1) is 17.2 Å². The van der Waals surface area contributed by atoms with Gasteiger partial charge in [-0.05, 0) is 13.3 Å². The van der Waals surface area contributed by atoms with Crippen LogP contribution >= 0.6 is 0 Å². The van der Waals surface area contributed by atoms with Crippen LogP contribution in [0.15, 0.2) is 23.3 Å². The highest BCUT2D eigenvalue weighted by Crippen LogP contribution is 2.32. The Morgan fingerprint density at radius 1 is 1.32 bits per heavy atom. The summed E-state index contributed by atoms with van der Waals surface area (Å²) in [4.78, 5) is 37.4. The molecule has 13 heteroatoms. The molecule has 9 nitrogen and oxygen atoms in total. The fourth-order valence-corrected chi connectivity index (χ4v) is 2.49. The van der Waals surface area contributed by atoms with E-state index in [-0.39, 0.29) is 6.61 Å². The minimum Gasteiger partial charge on any atom is -0.475 e. The first kappa shape index (κ1) is 23.8. The van der Waals surface area contributed by atoms with Crippen molar-refractivity contribution in [3.63, 3.8) is 0 Å². The number of halogens is 4. The Morgan fingerprint density at radius 2 is 2.00 bits per heavy atom. The molecule has 0 aliphatic carbocycles. The van der Waals surface area contributed by atoms with Crippen LogP contribution in [0.2, 0.25) is 0 Å². The Labute approximate surface area is 172 Å². The molecular formula is C18H17F4N3O6. The van der Waals surface area contributed by atoms with E-state index in [0.29, 0.717) is 29.4 Å². The van der Waals surface area contributed by atoms with Crippen LogP contribution in [0.1, 0.15) is 31.0 Å². The van der Waals surface area contributed by atoms with Gasteiger partial charge in [0.15, 0.2) is 18.1 Å². The summed E-state index contributed by atoms with van der Waals surface area (Å²) in [5, 5.41) is 11.3. The van der Waals surface area contributed by atoms with Crippen molar-refractivity contribution in [2.24, 2.45) is 0 Å². The van der Waals surface area contributed by atoms with Crippen LogP contribution in [-0.2, 0) is 15.7 Å². The number of benzene rings is 1. The third-order valence-corrected chi connectivity index (χ3v) is 4.06. The fourth-order valence-electron chi connectivity index (χ4n) is 2.49. The lowest BCUT2D eigenvalue weighted by atomic mass is 10.2. The molecule has 0 N–H and O–H groups in total. The van der Waals surface area contributed by atoms with Crippen molar-refractivity contribution in [3.05, 3.63) is 56.0 Å². The van der Waals surface area contributed by atoms with Crippen LogP contribution in [0, 0.1) is 22.9 Å². The van der Waals surface area contributed by atoms with Crippen LogP contribution in [0.3, 0.4) is 0 Å². The van der Waals surface area contributed by atoms with Crippen molar-refractivity contribution in [2.75, 3.05) is 13.2 Å². The Hall–Kier alpha value is -3.51. The van der Waals surface area contributed by atoms with Crippen molar-refractivity contribution >= 4 is 11.7 Å². The third-order valence-electron chi connectivity index (χ3n) is 4.06. The summed E-state index contributed by atoms with van der Waals surface area (Å²) < 4.78 is 63.4. The SMILES string of the molecule is CCCCOC(=O)COc1cc(F)c(-n2cnc(C(F)(F)F)c(C)c2=O)cc1[N+](=O)[O-]. The molecule has 0 atom stereocenters. The molecule has 0 fully saturated rings. The number of carbonyl (C=O) groups excluding carboxylic acids is 1. The molecule has 0 spiro atoms. The number of hydrogen-bond donors (Lipinski definition) is 0. The number of hydrogen-bond acceptors (Lipinski definition) is 7. The number of carbonyl (C=O) groups is 1. The third kappa shape index (κ3) is 5.55. The van der Waals surface area contributed by atoms with Crippen molar-refractivity contribution in [2.45, 2.75) is 32.9 Å². The zero-order valence-corrected chi connectivity index (χ0v) is 16.4. The number of alkyl halides is 3. The van der Waals surface area contributed by atoms with Gasteiger partial charge in [0.1, 0.15) is 6.33 Å². The zero-order chi connectivity index (χ0) is 23.3. The lowest BCUT2D eigenvalue weighted by Crippen LogP contribution is -2.27. The molecule has 0 bridgehead atoms. The second-order valence-electron chi connectivity index (χ2n) is 6.28.